The number of halogens is 2. The zero-order valence-corrected chi connectivity index (χ0v) is 8.41. The van der Waals surface area contributed by atoms with Crippen LogP contribution < -0.4 is 0 Å². The Hall–Kier alpha value is -1.48. The minimum atomic E-state index is -0.704. The zero-order chi connectivity index (χ0) is 10.7. The maximum Gasteiger partial charge on any atom is 0.287 e. The van der Waals surface area contributed by atoms with Gasteiger partial charge in [0.05, 0.1) is 4.92 Å². The summed E-state index contributed by atoms with van der Waals surface area (Å²) in [5.74, 6) is -0.621. The van der Waals surface area contributed by atoms with E-state index >= 15 is 0 Å². The Morgan fingerprint density at radius 3 is 2.71 bits per heavy atom. The number of nitro groups is 1. The van der Waals surface area contributed by atoms with Crippen LogP contribution in [0.5, 0.6) is 0 Å². The lowest BCUT2D eigenvalue weighted by Crippen LogP contribution is -1.98. The number of hydrogen-bond donors (Lipinski definition) is 0. The molecule has 0 heterocycles. The Labute approximate surface area is 87.2 Å². The first-order chi connectivity index (χ1) is 6.61. The van der Waals surface area contributed by atoms with Gasteiger partial charge in [0, 0.05) is 17.0 Å². The molecule has 0 radical (unpaired) electrons. The van der Waals surface area contributed by atoms with E-state index in [0.717, 1.165) is 12.1 Å². The van der Waals surface area contributed by atoms with Gasteiger partial charge in [-0.1, -0.05) is 15.9 Å². The normalized spacial score (nSPS) is 9.50. The molecule has 0 unspecified atom stereocenters. The third-order valence-corrected chi connectivity index (χ3v) is 2.24. The molecule has 1 aromatic rings. The molecular formula is C8H4BrFN2O2. The lowest BCUT2D eigenvalue weighted by Gasteiger charge is -2.01. The maximum absolute atomic E-state index is 13.1. The van der Waals surface area contributed by atoms with E-state index in [-0.39, 0.29) is 22.1 Å². The van der Waals surface area contributed by atoms with E-state index in [1.807, 2.05) is 0 Å². The molecule has 0 bridgehead atoms. The van der Waals surface area contributed by atoms with Crippen LogP contribution in [0.3, 0.4) is 0 Å². The summed E-state index contributed by atoms with van der Waals surface area (Å²) in [7, 11) is 0. The average molecular weight is 259 g/mol. The van der Waals surface area contributed by atoms with Gasteiger partial charge in [0.25, 0.3) is 5.69 Å². The van der Waals surface area contributed by atoms with Crippen LogP contribution >= 0.6 is 15.9 Å². The quantitative estimate of drug-likeness (QED) is 0.465. The molecule has 6 heteroatoms. The van der Waals surface area contributed by atoms with Gasteiger partial charge < -0.3 is 0 Å². The third kappa shape index (κ3) is 1.72. The van der Waals surface area contributed by atoms with Gasteiger partial charge in [-0.3, -0.25) is 10.1 Å². The molecule has 0 N–H and O–H groups in total. The van der Waals surface area contributed by atoms with Gasteiger partial charge in [0.1, 0.15) is 17.4 Å². The fourth-order valence-corrected chi connectivity index (χ4v) is 1.57. The fraction of sp³-hybridized carbons (Fsp3) is 0.125. The van der Waals surface area contributed by atoms with E-state index in [4.69, 9.17) is 5.26 Å². The summed E-state index contributed by atoms with van der Waals surface area (Å²) in [6.07, 6.45) is 0. The maximum atomic E-state index is 13.1. The Bertz CT molecular complexity index is 428. The SMILES string of the molecule is N#Cc1c([N+](=O)[O-])ccc(F)c1CBr. The van der Waals surface area contributed by atoms with Crippen LogP contribution in [0, 0.1) is 27.3 Å². The summed E-state index contributed by atoms with van der Waals surface area (Å²) in [5.41, 5.74) is -0.586. The van der Waals surface area contributed by atoms with Crippen LogP contribution in [-0.2, 0) is 5.33 Å². The van der Waals surface area contributed by atoms with Crippen LogP contribution in [-0.4, -0.2) is 4.92 Å². The lowest BCUT2D eigenvalue weighted by atomic mass is 10.1. The van der Waals surface area contributed by atoms with Crippen molar-refractivity contribution in [1.29, 1.82) is 5.26 Å². The van der Waals surface area contributed by atoms with Crippen LogP contribution in [0.25, 0.3) is 0 Å². The average Bonchev–Trinajstić information content (AvgIpc) is 2.16. The smallest absolute Gasteiger partial charge is 0.258 e. The van der Waals surface area contributed by atoms with Gasteiger partial charge in [0.15, 0.2) is 0 Å². The van der Waals surface area contributed by atoms with E-state index in [9.17, 15) is 14.5 Å². The highest BCUT2D eigenvalue weighted by atomic mass is 79.9. The summed E-state index contributed by atoms with van der Waals surface area (Å²) >= 11 is 2.97. The van der Waals surface area contributed by atoms with Crippen molar-refractivity contribution in [3.05, 3.63) is 39.2 Å². The standard InChI is InChI=1S/C8H4BrFN2O2/c9-3-5-6(4-11)8(12(13)14)2-1-7(5)10/h1-2H,3H2. The highest BCUT2D eigenvalue weighted by Crippen LogP contribution is 2.25. The summed E-state index contributed by atoms with van der Waals surface area (Å²) in [6.45, 7) is 0. The molecule has 14 heavy (non-hydrogen) atoms. The van der Waals surface area contributed by atoms with E-state index in [1.54, 1.807) is 6.07 Å². The molecule has 72 valence electrons. The number of nitrogens with zero attached hydrogens (tertiary/aromatic N) is 2. The third-order valence-electron chi connectivity index (χ3n) is 1.68. The first-order valence-corrected chi connectivity index (χ1v) is 4.65. The van der Waals surface area contributed by atoms with Crippen molar-refractivity contribution in [1.82, 2.24) is 0 Å². The van der Waals surface area contributed by atoms with E-state index in [2.05, 4.69) is 15.9 Å². The van der Waals surface area contributed by atoms with E-state index in [1.165, 1.54) is 0 Å². The van der Waals surface area contributed by atoms with Gasteiger partial charge in [-0.15, -0.1) is 0 Å². The van der Waals surface area contributed by atoms with E-state index in [0.29, 0.717) is 0 Å². The van der Waals surface area contributed by atoms with Gasteiger partial charge in [-0.2, -0.15) is 5.26 Å². The van der Waals surface area contributed by atoms with Crippen LogP contribution in [0.15, 0.2) is 12.1 Å². The Kier molecular flexibility index (Phi) is 3.14. The molecule has 0 fully saturated rings. The van der Waals surface area contributed by atoms with Crippen molar-refractivity contribution in [3.8, 4) is 6.07 Å². The molecule has 1 aromatic carbocycles. The van der Waals surface area contributed by atoms with Crippen molar-refractivity contribution in [2.75, 3.05) is 0 Å². The first kappa shape index (κ1) is 10.6. The van der Waals surface area contributed by atoms with Crippen LogP contribution in [0.4, 0.5) is 10.1 Å². The second-order valence-electron chi connectivity index (χ2n) is 2.42. The summed E-state index contributed by atoms with van der Waals surface area (Å²) < 4.78 is 13.1. The molecule has 1 rings (SSSR count). The molecule has 0 spiro atoms. The number of alkyl halides is 1. The summed E-state index contributed by atoms with van der Waals surface area (Å²) in [5, 5.41) is 19.2. The number of hydrogen-bond acceptors (Lipinski definition) is 3. The highest BCUT2D eigenvalue weighted by molar-refractivity contribution is 9.08. The molecular weight excluding hydrogens is 255 g/mol. The molecule has 0 aromatic heterocycles. The lowest BCUT2D eigenvalue weighted by molar-refractivity contribution is -0.385. The zero-order valence-electron chi connectivity index (χ0n) is 6.83. The largest absolute Gasteiger partial charge is 0.287 e. The molecule has 0 aliphatic rings. The number of nitriles is 1. The predicted molar refractivity (Wildman–Crippen MR) is 50.4 cm³/mol. The predicted octanol–water partition coefficient (Wildman–Crippen LogP) is 2.50. The van der Waals surface area contributed by atoms with Gasteiger partial charge >= 0.3 is 0 Å². The van der Waals surface area contributed by atoms with Crippen molar-refractivity contribution < 1.29 is 9.31 Å². The van der Waals surface area contributed by atoms with Crippen molar-refractivity contribution in [2.45, 2.75) is 5.33 Å². The van der Waals surface area contributed by atoms with Crippen LogP contribution in [0.1, 0.15) is 11.1 Å². The van der Waals surface area contributed by atoms with Crippen molar-refractivity contribution in [3.63, 3.8) is 0 Å². The molecule has 0 aliphatic carbocycles. The Balaban J connectivity index is 3.50. The molecule has 0 amide bonds. The molecule has 0 atom stereocenters. The van der Waals surface area contributed by atoms with Crippen molar-refractivity contribution >= 4 is 21.6 Å². The molecule has 4 nitrogen and oxygen atoms in total. The molecule has 0 saturated carbocycles. The van der Waals surface area contributed by atoms with Gasteiger partial charge in [-0.25, -0.2) is 4.39 Å². The Morgan fingerprint density at radius 1 is 1.64 bits per heavy atom. The number of nitro benzene ring substituents is 1. The monoisotopic (exact) mass is 258 g/mol. The van der Waals surface area contributed by atoms with E-state index < -0.39 is 10.7 Å². The van der Waals surface area contributed by atoms with Crippen LogP contribution in [0.2, 0.25) is 0 Å². The highest BCUT2D eigenvalue weighted by Gasteiger charge is 2.19. The molecule has 0 aliphatic heterocycles. The summed E-state index contributed by atoms with van der Waals surface area (Å²) in [4.78, 5) is 9.77. The van der Waals surface area contributed by atoms with Gasteiger partial charge in [0.2, 0.25) is 0 Å². The second-order valence-corrected chi connectivity index (χ2v) is 2.98. The number of rotatable bonds is 2. The van der Waals surface area contributed by atoms with Gasteiger partial charge in [-0.05, 0) is 6.07 Å². The van der Waals surface area contributed by atoms with Crippen molar-refractivity contribution in [2.24, 2.45) is 0 Å². The topological polar surface area (TPSA) is 66.9 Å². The minimum absolute atomic E-state index is 0.0155. The minimum Gasteiger partial charge on any atom is -0.258 e. The Morgan fingerprint density at radius 2 is 2.29 bits per heavy atom. The molecule has 0 saturated heterocycles. The summed E-state index contributed by atoms with van der Waals surface area (Å²) in [6, 6.07) is 3.59. The number of benzene rings is 1. The first-order valence-electron chi connectivity index (χ1n) is 3.53. The second kappa shape index (κ2) is 4.15. The fourth-order valence-electron chi connectivity index (χ4n) is 1.02.